The normalized spacial score (nSPS) is 12.2. The number of benzene rings is 1. The molecule has 0 aliphatic carbocycles. The number of aliphatic hydroxyl groups excluding tert-OH is 1. The van der Waals surface area contributed by atoms with Gasteiger partial charge in [0.1, 0.15) is 11.3 Å². The summed E-state index contributed by atoms with van der Waals surface area (Å²) in [7, 11) is 0. The molecule has 3 N–H and O–H groups in total. The van der Waals surface area contributed by atoms with E-state index >= 15 is 0 Å². The number of hydrogen-bond donors (Lipinski definition) is 3. The van der Waals surface area contributed by atoms with E-state index in [2.05, 4.69) is 6.92 Å². The number of hydrogen-bond acceptors (Lipinski definition) is 3. The second-order valence-corrected chi connectivity index (χ2v) is 7.60. The SMILES string of the molecule is CCCCCCCCCCCCCCCC(O)c1cccc(C(=O)O)c1O. The van der Waals surface area contributed by atoms with Gasteiger partial charge in [-0.1, -0.05) is 103 Å². The third kappa shape index (κ3) is 9.81. The number of aliphatic hydroxyl groups is 1. The van der Waals surface area contributed by atoms with Crippen LogP contribution in [0.1, 0.15) is 119 Å². The van der Waals surface area contributed by atoms with Gasteiger partial charge in [-0.25, -0.2) is 4.79 Å². The summed E-state index contributed by atoms with van der Waals surface area (Å²) in [5.41, 5.74) is 0.158. The summed E-state index contributed by atoms with van der Waals surface area (Å²) < 4.78 is 0. The number of carboxylic acid groups (broad SMARTS) is 1. The van der Waals surface area contributed by atoms with E-state index in [1.165, 1.54) is 76.7 Å². The van der Waals surface area contributed by atoms with Crippen LogP contribution in [0.15, 0.2) is 18.2 Å². The molecule has 0 amide bonds. The van der Waals surface area contributed by atoms with Crippen molar-refractivity contribution in [1.29, 1.82) is 0 Å². The maximum Gasteiger partial charge on any atom is 0.339 e. The van der Waals surface area contributed by atoms with Gasteiger partial charge in [-0.3, -0.25) is 0 Å². The number of unbranched alkanes of at least 4 members (excludes halogenated alkanes) is 12. The summed E-state index contributed by atoms with van der Waals surface area (Å²) in [6.07, 6.45) is 16.3. The van der Waals surface area contributed by atoms with E-state index in [1.54, 1.807) is 12.1 Å². The third-order valence-corrected chi connectivity index (χ3v) is 5.24. The standard InChI is InChI=1S/C23H38O4/c1-2-3-4-5-6-7-8-9-10-11-12-13-14-18-21(24)19-16-15-17-20(22(19)25)23(26)27/h15-17,21,24-25H,2-14,18H2,1H3,(H,26,27). The molecular weight excluding hydrogens is 340 g/mol. The van der Waals surface area contributed by atoms with Gasteiger partial charge in [-0.05, 0) is 12.5 Å². The number of phenols is 1. The van der Waals surface area contributed by atoms with Crippen molar-refractivity contribution in [3.05, 3.63) is 29.3 Å². The Balaban J connectivity index is 2.05. The number of aromatic hydroxyl groups is 1. The van der Waals surface area contributed by atoms with Crippen LogP contribution >= 0.6 is 0 Å². The zero-order valence-electron chi connectivity index (χ0n) is 17.0. The fraction of sp³-hybridized carbons (Fsp3) is 0.696. The van der Waals surface area contributed by atoms with E-state index in [0.717, 1.165) is 12.8 Å². The number of para-hydroxylation sites is 1. The highest BCUT2D eigenvalue weighted by atomic mass is 16.4. The molecule has 0 heterocycles. The second-order valence-electron chi connectivity index (χ2n) is 7.60. The van der Waals surface area contributed by atoms with Crippen LogP contribution in [0.25, 0.3) is 0 Å². The Hall–Kier alpha value is -1.55. The van der Waals surface area contributed by atoms with Crippen LogP contribution in [0, 0.1) is 0 Å². The molecule has 0 aliphatic rings. The molecule has 1 aromatic carbocycles. The molecule has 27 heavy (non-hydrogen) atoms. The molecule has 1 rings (SSSR count). The molecule has 0 radical (unpaired) electrons. The third-order valence-electron chi connectivity index (χ3n) is 5.24. The Morgan fingerprint density at radius 3 is 1.81 bits per heavy atom. The lowest BCUT2D eigenvalue weighted by Crippen LogP contribution is -2.03. The molecule has 0 bridgehead atoms. The molecule has 4 heteroatoms. The van der Waals surface area contributed by atoms with Crippen molar-refractivity contribution < 1.29 is 20.1 Å². The van der Waals surface area contributed by atoms with Gasteiger partial charge in [0.2, 0.25) is 0 Å². The van der Waals surface area contributed by atoms with Crippen molar-refractivity contribution in [2.45, 2.75) is 103 Å². The Labute approximate surface area is 164 Å². The summed E-state index contributed by atoms with van der Waals surface area (Å²) in [5.74, 6) is -1.49. The average Bonchev–Trinajstić information content (AvgIpc) is 2.65. The molecule has 0 fully saturated rings. The number of rotatable bonds is 16. The summed E-state index contributed by atoms with van der Waals surface area (Å²) in [5, 5.41) is 29.3. The van der Waals surface area contributed by atoms with Gasteiger partial charge in [-0.2, -0.15) is 0 Å². The van der Waals surface area contributed by atoms with Gasteiger partial charge in [-0.15, -0.1) is 0 Å². The number of carboxylic acids is 1. The van der Waals surface area contributed by atoms with Crippen molar-refractivity contribution in [3.8, 4) is 5.75 Å². The highest BCUT2D eigenvalue weighted by Gasteiger charge is 2.17. The van der Waals surface area contributed by atoms with E-state index in [9.17, 15) is 15.0 Å². The highest BCUT2D eigenvalue weighted by Crippen LogP contribution is 2.31. The van der Waals surface area contributed by atoms with E-state index in [4.69, 9.17) is 5.11 Å². The summed E-state index contributed by atoms with van der Waals surface area (Å²) in [4.78, 5) is 11.0. The van der Waals surface area contributed by atoms with Gasteiger partial charge in [0.05, 0.1) is 6.10 Å². The van der Waals surface area contributed by atoms with Crippen molar-refractivity contribution in [1.82, 2.24) is 0 Å². The van der Waals surface area contributed by atoms with Crippen molar-refractivity contribution >= 4 is 5.97 Å². The Morgan fingerprint density at radius 2 is 1.33 bits per heavy atom. The van der Waals surface area contributed by atoms with Crippen LogP contribution in [0.2, 0.25) is 0 Å². The van der Waals surface area contributed by atoms with Crippen molar-refractivity contribution in [2.24, 2.45) is 0 Å². The predicted molar refractivity (Wildman–Crippen MR) is 110 cm³/mol. The zero-order chi connectivity index (χ0) is 19.9. The van der Waals surface area contributed by atoms with E-state index in [-0.39, 0.29) is 11.3 Å². The zero-order valence-corrected chi connectivity index (χ0v) is 17.0. The Morgan fingerprint density at radius 1 is 0.852 bits per heavy atom. The maximum atomic E-state index is 11.0. The first-order valence-corrected chi connectivity index (χ1v) is 10.8. The summed E-state index contributed by atoms with van der Waals surface area (Å²) in [6, 6.07) is 4.50. The first-order valence-electron chi connectivity index (χ1n) is 10.8. The van der Waals surface area contributed by atoms with Gasteiger partial charge < -0.3 is 15.3 Å². The quantitative estimate of drug-likeness (QED) is 0.283. The molecule has 1 aromatic rings. The topological polar surface area (TPSA) is 77.8 Å². The van der Waals surface area contributed by atoms with Crippen molar-refractivity contribution in [2.75, 3.05) is 0 Å². The van der Waals surface area contributed by atoms with Crippen molar-refractivity contribution in [3.63, 3.8) is 0 Å². The molecule has 0 aromatic heterocycles. The fourth-order valence-corrected chi connectivity index (χ4v) is 3.51. The molecule has 4 nitrogen and oxygen atoms in total. The van der Waals surface area contributed by atoms with Gasteiger partial charge in [0, 0.05) is 5.56 Å². The summed E-state index contributed by atoms with van der Waals surface area (Å²) >= 11 is 0. The minimum Gasteiger partial charge on any atom is -0.507 e. The lowest BCUT2D eigenvalue weighted by molar-refractivity contribution is 0.0693. The predicted octanol–water partition coefficient (Wildman–Crippen LogP) is 6.61. The van der Waals surface area contributed by atoms with Crippen LogP contribution in [-0.2, 0) is 0 Å². The van der Waals surface area contributed by atoms with Gasteiger partial charge >= 0.3 is 5.97 Å². The average molecular weight is 379 g/mol. The van der Waals surface area contributed by atoms with Crippen LogP contribution < -0.4 is 0 Å². The molecule has 0 aliphatic heterocycles. The van der Waals surface area contributed by atoms with Crippen LogP contribution in [0.4, 0.5) is 0 Å². The number of carbonyl (C=O) groups is 1. The minimum atomic E-state index is -1.18. The monoisotopic (exact) mass is 378 g/mol. The lowest BCUT2D eigenvalue weighted by Gasteiger charge is -2.13. The fourth-order valence-electron chi connectivity index (χ4n) is 3.51. The molecule has 1 atom stereocenters. The lowest BCUT2D eigenvalue weighted by atomic mass is 9.99. The van der Waals surface area contributed by atoms with Gasteiger partial charge in [0.25, 0.3) is 0 Å². The Bertz CT molecular complexity index is 527. The highest BCUT2D eigenvalue weighted by molar-refractivity contribution is 5.91. The first-order chi connectivity index (χ1) is 13.1. The van der Waals surface area contributed by atoms with Gasteiger partial charge in [0.15, 0.2) is 0 Å². The van der Waals surface area contributed by atoms with E-state index in [1.807, 2.05) is 0 Å². The minimum absolute atomic E-state index is 0.156. The summed E-state index contributed by atoms with van der Waals surface area (Å²) in [6.45, 7) is 2.25. The molecule has 154 valence electrons. The molecule has 0 spiro atoms. The molecule has 1 unspecified atom stereocenters. The van der Waals surface area contributed by atoms with E-state index in [0.29, 0.717) is 12.0 Å². The largest absolute Gasteiger partial charge is 0.507 e. The number of aromatic carboxylic acids is 1. The van der Waals surface area contributed by atoms with Crippen LogP contribution in [0.3, 0.4) is 0 Å². The molecule has 0 saturated heterocycles. The van der Waals surface area contributed by atoms with Crippen LogP contribution in [0.5, 0.6) is 5.75 Å². The molecule has 0 saturated carbocycles. The van der Waals surface area contributed by atoms with Crippen LogP contribution in [-0.4, -0.2) is 21.3 Å². The second kappa shape index (κ2) is 14.5. The Kier molecular flexibility index (Phi) is 12.6. The van der Waals surface area contributed by atoms with E-state index < -0.39 is 12.1 Å². The first kappa shape index (κ1) is 23.5. The molecular formula is C23H38O4. The maximum absolute atomic E-state index is 11.0. The smallest absolute Gasteiger partial charge is 0.339 e.